The van der Waals surface area contributed by atoms with E-state index in [9.17, 15) is 161 Å². The smallest absolute Gasteiger partial charge is 0.364 e. The quantitative estimate of drug-likeness (QED) is 0.0297. The molecule has 32 unspecified atom stereocenters. The molecule has 49 heteroatoms. The highest BCUT2D eigenvalue weighted by Crippen LogP contribution is 2.44. The number of aliphatic hydroxyl groups excluding tert-OH is 22. The Kier molecular flexibility index (Phi) is 31.4. The normalized spacial score (nSPS) is 43.4. The fourth-order valence-electron chi connectivity index (χ4n) is 13.7. The topological polar surface area (TPSA) is 793 Å². The number of hydrogen-bond donors (Lipinski definition) is 29. The first-order chi connectivity index (χ1) is 50.6. The molecule has 4 amide bonds. The van der Waals surface area contributed by atoms with Crippen LogP contribution in [0, 0.1) is 0 Å². The van der Waals surface area contributed by atoms with Gasteiger partial charge in [-0.05, 0) is 0 Å². The van der Waals surface area contributed by atoms with E-state index in [4.69, 9.17) is 61.6 Å². The highest BCUT2D eigenvalue weighted by molar-refractivity contribution is 5.78. The number of hydrogen-bond acceptors (Lipinski definition) is 42. The third-order valence-corrected chi connectivity index (χ3v) is 19.1. The van der Waals surface area contributed by atoms with Crippen molar-refractivity contribution in [3.63, 3.8) is 0 Å². The van der Waals surface area contributed by atoms with Gasteiger partial charge in [-0.3, -0.25) is 19.2 Å². The molecule has 108 heavy (non-hydrogen) atoms. The summed E-state index contributed by atoms with van der Waals surface area (Å²) in [6.45, 7) is -5.89. The van der Waals surface area contributed by atoms with Crippen molar-refractivity contribution < 1.29 is 223 Å². The van der Waals surface area contributed by atoms with Gasteiger partial charge in [-0.2, -0.15) is 0 Å². The van der Waals surface area contributed by atoms with Gasteiger partial charge in [0.15, 0.2) is 25.2 Å². The van der Waals surface area contributed by atoms with E-state index < -0.39 is 339 Å². The lowest BCUT2D eigenvalue weighted by atomic mass is 9.87. The van der Waals surface area contributed by atoms with Gasteiger partial charge in [0.05, 0.1) is 82.7 Å². The fraction of sp³-hybridized carbons (Fsp3) is 0.881. The number of aliphatic carboxylic acids is 3. The Morgan fingerprint density at radius 3 is 1.13 bits per heavy atom. The average molecular weight is 1580 g/mol. The van der Waals surface area contributed by atoms with Crippen LogP contribution in [0.25, 0.3) is 0 Å². The van der Waals surface area contributed by atoms with Crippen LogP contribution in [0.5, 0.6) is 0 Å². The first kappa shape index (κ1) is 90.1. The molecule has 49 nitrogen and oxygen atoms in total. The highest BCUT2D eigenvalue weighted by atomic mass is 16.8. The zero-order valence-corrected chi connectivity index (χ0v) is 57.6. The lowest BCUT2D eigenvalue weighted by molar-refractivity contribution is -0.405. The van der Waals surface area contributed by atoms with Crippen LogP contribution in [0.4, 0.5) is 0 Å². The van der Waals surface area contributed by atoms with Gasteiger partial charge in [-0.15, -0.1) is 0 Å². The fourth-order valence-corrected chi connectivity index (χ4v) is 13.7. The zero-order valence-electron chi connectivity index (χ0n) is 57.6. The van der Waals surface area contributed by atoms with Crippen LogP contribution in [0.2, 0.25) is 0 Å². The van der Waals surface area contributed by atoms with Crippen LogP contribution in [-0.4, -0.2) is 447 Å². The van der Waals surface area contributed by atoms with E-state index in [1.807, 2.05) is 0 Å². The number of amides is 4. The standard InChI is InChI=1S/C59H96N4O45/c1-15(71)60-29-19(75)5-57(54(90)91,104-45(29)33(80)22(78)8-64)103-26(12-68)37(84)47-31(62-17(3)73)21(77)7-59(106-47,56(94)95)108-49-41(88)53(100-42-27(13-69)96-50(89)39(86)38(42)85)99-28(14-70)43(49)101-51-32(63-18(4)74)44(35(82)24(10-66)97-51)102-52-40(87)48(36(83)25(11-67)98-52)107-58(55(92)93)6-20(76)30(61-16(2)72)46(105-58)34(81)23(79)9-65/h19-53,64-70,75-89H,5-14H2,1-4H3,(H,60,71)(H,61,72)(H,62,73)(H,63,74)(H,90,91)(H,92,93)(H,94,95)/t19?,20?,21?,22-,23-,24?,25?,26-,27?,28?,29?,30?,31?,32?,33-,34-,35?,36?,37-,38?,39?,40?,41?,42?,43?,44?,45?,46?,47?,48?,49?,50?,51?,52?,53?,57?,58?,59?/m1/s1. The van der Waals surface area contributed by atoms with Crippen molar-refractivity contribution in [1.29, 1.82) is 0 Å². The first-order valence-electron chi connectivity index (χ1n) is 33.5. The van der Waals surface area contributed by atoms with Crippen molar-refractivity contribution in [2.75, 3.05) is 46.2 Å². The number of aliphatic hydroxyl groups is 22. The summed E-state index contributed by atoms with van der Waals surface area (Å²) in [4.78, 5) is 91.6. The van der Waals surface area contributed by atoms with Gasteiger partial charge in [0.1, 0.15) is 153 Å². The molecule has 7 heterocycles. The van der Waals surface area contributed by atoms with Crippen molar-refractivity contribution >= 4 is 41.5 Å². The monoisotopic (exact) mass is 1580 g/mol. The largest absolute Gasteiger partial charge is 0.477 e. The number of ether oxygens (including phenoxy) is 13. The third-order valence-electron chi connectivity index (χ3n) is 19.1. The van der Waals surface area contributed by atoms with Crippen molar-refractivity contribution in [1.82, 2.24) is 21.3 Å². The van der Waals surface area contributed by atoms with Gasteiger partial charge < -0.3 is 211 Å². The predicted molar refractivity (Wildman–Crippen MR) is 330 cm³/mol. The first-order valence-corrected chi connectivity index (χ1v) is 33.5. The Balaban J connectivity index is 1.31. The van der Waals surface area contributed by atoms with Crippen LogP contribution in [0.15, 0.2) is 0 Å². The Labute approximate surface area is 609 Å². The van der Waals surface area contributed by atoms with Crippen molar-refractivity contribution in [2.45, 2.75) is 278 Å². The summed E-state index contributed by atoms with van der Waals surface area (Å²) in [7, 11) is 0. The number of carboxylic acids is 3. The van der Waals surface area contributed by atoms with Crippen LogP contribution in [-0.2, 0) is 95.1 Å². The molecular weight excluding hydrogens is 1480 g/mol. The molecule has 7 aliphatic rings. The zero-order chi connectivity index (χ0) is 80.8. The molecule has 0 aromatic carbocycles. The number of rotatable bonds is 32. The van der Waals surface area contributed by atoms with Crippen LogP contribution < -0.4 is 21.3 Å². The molecule has 622 valence electrons. The van der Waals surface area contributed by atoms with E-state index in [0.29, 0.717) is 0 Å². The average Bonchev–Trinajstić information content (AvgIpc) is 0.750. The van der Waals surface area contributed by atoms with E-state index in [-0.39, 0.29) is 0 Å². The molecule has 7 fully saturated rings. The molecular formula is C59H96N4O45. The molecule has 29 N–H and O–H groups in total. The molecule has 0 saturated carbocycles. The lowest BCUT2D eigenvalue weighted by Gasteiger charge is -2.53. The van der Waals surface area contributed by atoms with Gasteiger partial charge in [-0.25, -0.2) is 14.4 Å². The predicted octanol–water partition coefficient (Wildman–Crippen LogP) is -18.1. The molecule has 0 aliphatic carbocycles. The van der Waals surface area contributed by atoms with E-state index in [1.54, 1.807) is 0 Å². The minimum Gasteiger partial charge on any atom is -0.477 e. The molecule has 0 aromatic rings. The number of carbonyl (C=O) groups is 7. The lowest BCUT2D eigenvalue weighted by Crippen LogP contribution is -2.73. The molecule has 0 bridgehead atoms. The Bertz CT molecular complexity index is 3010. The second-order valence-electron chi connectivity index (χ2n) is 26.8. The van der Waals surface area contributed by atoms with Gasteiger partial charge >= 0.3 is 17.9 Å². The molecule has 7 rings (SSSR count). The molecule has 7 saturated heterocycles. The Morgan fingerprint density at radius 2 is 0.722 bits per heavy atom. The van der Waals surface area contributed by atoms with Gasteiger partial charge in [0.25, 0.3) is 17.4 Å². The summed E-state index contributed by atoms with van der Waals surface area (Å²) >= 11 is 0. The summed E-state index contributed by atoms with van der Waals surface area (Å²) in [5.41, 5.74) is 0. The summed E-state index contributed by atoms with van der Waals surface area (Å²) < 4.78 is 75.7. The minimum absolute atomic E-state index is 0.809. The maximum atomic E-state index is 14.2. The summed E-state index contributed by atoms with van der Waals surface area (Å²) in [5, 5.41) is 285. The maximum Gasteiger partial charge on any atom is 0.364 e. The van der Waals surface area contributed by atoms with E-state index in [0.717, 1.165) is 27.7 Å². The SMILES string of the molecule is CC(=O)NC1C(OC2C(CO)OC(OC3C(CO)OC(O)C(O)C3O)C(O)C2OC2(C(=O)O)CC(O)C(NC(C)=O)C([C@H](O)[C@@H](CO)OC3(C(=O)O)CC(O)C(NC(C)=O)C([C@H](O)[C@H](O)CO)O3)O2)OC(CO)C(O)C1OC1OC(CO)C(O)C(OC2(C(=O)O)CC(O)C(NC(C)=O)C([C@H](O)[C@H](O)CO)O2)C1O. The van der Waals surface area contributed by atoms with E-state index in [2.05, 4.69) is 21.3 Å². The summed E-state index contributed by atoms with van der Waals surface area (Å²) in [6, 6.07) is -8.01. The number of nitrogens with one attached hydrogen (secondary N) is 4. The third kappa shape index (κ3) is 19.4. The second-order valence-corrected chi connectivity index (χ2v) is 26.8. The summed E-state index contributed by atoms with van der Waals surface area (Å²) in [5.74, 6) is -21.5. The molecule has 0 aromatic heterocycles. The minimum atomic E-state index is -3.75. The van der Waals surface area contributed by atoms with Gasteiger partial charge in [-0.1, -0.05) is 0 Å². The van der Waals surface area contributed by atoms with Crippen LogP contribution >= 0.6 is 0 Å². The van der Waals surface area contributed by atoms with E-state index >= 15 is 0 Å². The number of carbonyl (C=O) groups excluding carboxylic acids is 4. The Hall–Kier alpha value is -5.11. The molecule has 7 aliphatic heterocycles. The molecule has 0 spiro atoms. The van der Waals surface area contributed by atoms with E-state index in [1.165, 1.54) is 0 Å². The van der Waals surface area contributed by atoms with Gasteiger partial charge in [0.2, 0.25) is 23.6 Å². The molecule has 38 atom stereocenters. The van der Waals surface area contributed by atoms with Crippen molar-refractivity contribution in [3.05, 3.63) is 0 Å². The Morgan fingerprint density at radius 1 is 0.380 bits per heavy atom. The van der Waals surface area contributed by atoms with Crippen molar-refractivity contribution in [2.24, 2.45) is 0 Å². The van der Waals surface area contributed by atoms with Crippen LogP contribution in [0.1, 0.15) is 47.0 Å². The van der Waals surface area contributed by atoms with Gasteiger partial charge in [0, 0.05) is 47.0 Å². The highest BCUT2D eigenvalue weighted by Gasteiger charge is 2.66. The van der Waals surface area contributed by atoms with Crippen molar-refractivity contribution in [3.8, 4) is 0 Å². The maximum absolute atomic E-state index is 14.2. The number of carboxylic acid groups (broad SMARTS) is 3. The summed E-state index contributed by atoms with van der Waals surface area (Å²) in [6.07, 6.45) is -77.8. The second kappa shape index (κ2) is 37.7. The molecule has 0 radical (unpaired) electrons. The van der Waals surface area contributed by atoms with Crippen LogP contribution in [0.3, 0.4) is 0 Å².